The van der Waals surface area contributed by atoms with E-state index in [0.717, 1.165) is 43.1 Å². The van der Waals surface area contributed by atoms with E-state index in [1.807, 2.05) is 93.8 Å². The quantitative estimate of drug-likeness (QED) is 0.146. The largest absolute Gasteiger partial charge is 0.376 e. The van der Waals surface area contributed by atoms with Crippen molar-refractivity contribution in [3.63, 3.8) is 0 Å². The van der Waals surface area contributed by atoms with Crippen molar-refractivity contribution >= 4 is 27.3 Å². The van der Waals surface area contributed by atoms with Crippen LogP contribution in [-0.4, -0.2) is 112 Å². The lowest BCUT2D eigenvalue weighted by atomic mass is 9.98. The Morgan fingerprint density at radius 1 is 0.878 bits per heavy atom. The van der Waals surface area contributed by atoms with Gasteiger partial charge in [0.05, 0.1) is 15.7 Å². The SMILES string of the molecule is CN(C)CCCN(CCCN(C)C)C(=O)C1CCCN(S(=O)(=O)c2ccc(NC(Cc3ccccc3)Cc3ccccc3)c([N+](=O)[O-])c2)C1. The molecular weight excluding hydrogens is 641 g/mol. The van der Waals surface area contributed by atoms with Crippen LogP contribution in [0.25, 0.3) is 0 Å². The van der Waals surface area contributed by atoms with Gasteiger partial charge in [-0.05, 0) is 103 Å². The van der Waals surface area contributed by atoms with Gasteiger partial charge in [-0.3, -0.25) is 14.9 Å². The summed E-state index contributed by atoms with van der Waals surface area (Å²) in [6.07, 6.45) is 4.06. The number of piperidine rings is 1. The van der Waals surface area contributed by atoms with E-state index in [-0.39, 0.29) is 41.3 Å². The third kappa shape index (κ3) is 11.4. The van der Waals surface area contributed by atoms with E-state index in [9.17, 15) is 23.3 Å². The van der Waals surface area contributed by atoms with Crippen LogP contribution in [0.3, 0.4) is 0 Å². The molecule has 0 aromatic heterocycles. The Morgan fingerprint density at radius 2 is 1.43 bits per heavy atom. The number of anilines is 1. The van der Waals surface area contributed by atoms with E-state index >= 15 is 0 Å². The Morgan fingerprint density at radius 3 is 1.94 bits per heavy atom. The number of nitro benzene ring substituents is 1. The van der Waals surface area contributed by atoms with Crippen molar-refractivity contribution in [3.8, 4) is 0 Å². The summed E-state index contributed by atoms with van der Waals surface area (Å²) in [7, 11) is 3.92. The van der Waals surface area contributed by atoms with Crippen LogP contribution in [0.1, 0.15) is 36.8 Å². The normalized spacial score (nSPS) is 15.5. The number of rotatable bonds is 18. The lowest BCUT2D eigenvalue weighted by Gasteiger charge is -2.34. The van der Waals surface area contributed by atoms with Gasteiger partial charge < -0.3 is 20.0 Å². The van der Waals surface area contributed by atoms with Crippen molar-refractivity contribution in [2.24, 2.45) is 5.92 Å². The van der Waals surface area contributed by atoms with E-state index < -0.39 is 20.9 Å². The van der Waals surface area contributed by atoms with E-state index in [4.69, 9.17) is 0 Å². The van der Waals surface area contributed by atoms with Crippen molar-refractivity contribution in [3.05, 3.63) is 100 Å². The molecule has 0 saturated carbocycles. The second-order valence-corrected chi connectivity index (χ2v) is 15.4. The number of carbonyl (C=O) groups is 1. The molecule has 3 aromatic rings. The van der Waals surface area contributed by atoms with Gasteiger partial charge in [-0.15, -0.1) is 0 Å². The highest BCUT2D eigenvalue weighted by molar-refractivity contribution is 7.89. The summed E-state index contributed by atoms with van der Waals surface area (Å²) in [6, 6.07) is 23.7. The number of nitrogens with zero attached hydrogens (tertiary/aromatic N) is 5. The Kier molecular flexibility index (Phi) is 14.1. The molecule has 1 atom stereocenters. The predicted octanol–water partition coefficient (Wildman–Crippen LogP) is 4.99. The highest BCUT2D eigenvalue weighted by atomic mass is 32.2. The molecule has 266 valence electrons. The predicted molar refractivity (Wildman–Crippen MR) is 195 cm³/mol. The summed E-state index contributed by atoms with van der Waals surface area (Å²) in [4.78, 5) is 31.5. The summed E-state index contributed by atoms with van der Waals surface area (Å²) in [5, 5.41) is 15.7. The number of nitro groups is 1. The highest BCUT2D eigenvalue weighted by Gasteiger charge is 2.36. The molecule has 1 aliphatic rings. The maximum atomic E-state index is 14.0. The first-order valence-corrected chi connectivity index (χ1v) is 18.6. The van der Waals surface area contributed by atoms with Crippen molar-refractivity contribution in [1.29, 1.82) is 0 Å². The summed E-state index contributed by atoms with van der Waals surface area (Å²) in [5.41, 5.74) is 2.13. The maximum absolute atomic E-state index is 14.0. The zero-order valence-corrected chi connectivity index (χ0v) is 30.1. The Hall–Kier alpha value is -3.84. The summed E-state index contributed by atoms with van der Waals surface area (Å²) < 4.78 is 29.2. The van der Waals surface area contributed by atoms with E-state index in [1.165, 1.54) is 16.4 Å². The maximum Gasteiger partial charge on any atom is 0.293 e. The van der Waals surface area contributed by atoms with Crippen LogP contribution in [0.5, 0.6) is 0 Å². The van der Waals surface area contributed by atoms with Gasteiger partial charge >= 0.3 is 0 Å². The number of amides is 1. The number of hydrogen-bond donors (Lipinski definition) is 1. The van der Waals surface area contributed by atoms with Gasteiger partial charge in [0, 0.05) is 38.3 Å². The monoisotopic (exact) mass is 692 g/mol. The first-order valence-electron chi connectivity index (χ1n) is 17.1. The average molecular weight is 693 g/mol. The lowest BCUT2D eigenvalue weighted by Crippen LogP contribution is -2.47. The van der Waals surface area contributed by atoms with Crippen LogP contribution >= 0.6 is 0 Å². The minimum absolute atomic E-state index is 0.0224. The van der Waals surface area contributed by atoms with Gasteiger partial charge in [0.2, 0.25) is 15.9 Å². The molecule has 11 nitrogen and oxygen atoms in total. The summed E-state index contributed by atoms with van der Waals surface area (Å²) >= 11 is 0. The van der Waals surface area contributed by atoms with Gasteiger partial charge in [-0.1, -0.05) is 60.7 Å². The zero-order valence-electron chi connectivity index (χ0n) is 29.3. The van der Waals surface area contributed by atoms with Crippen LogP contribution in [-0.2, 0) is 27.7 Å². The first kappa shape index (κ1) is 38.0. The molecule has 0 aliphatic carbocycles. The van der Waals surface area contributed by atoms with Crippen LogP contribution < -0.4 is 5.32 Å². The number of carbonyl (C=O) groups excluding carboxylic acids is 1. The first-order chi connectivity index (χ1) is 23.4. The summed E-state index contributed by atoms with van der Waals surface area (Å²) in [5.74, 6) is -0.485. The molecule has 0 spiro atoms. The van der Waals surface area contributed by atoms with Crippen LogP contribution in [0.2, 0.25) is 0 Å². The second-order valence-electron chi connectivity index (χ2n) is 13.5. The van der Waals surface area contributed by atoms with Crippen molar-refractivity contribution in [2.75, 3.05) is 72.8 Å². The lowest BCUT2D eigenvalue weighted by molar-refractivity contribution is -0.384. The van der Waals surface area contributed by atoms with E-state index in [1.54, 1.807) is 0 Å². The topological polar surface area (TPSA) is 119 Å². The molecule has 12 heteroatoms. The van der Waals surface area contributed by atoms with E-state index in [2.05, 4.69) is 15.1 Å². The fourth-order valence-corrected chi connectivity index (χ4v) is 7.94. The Balaban J connectivity index is 1.52. The molecule has 0 radical (unpaired) electrons. The van der Waals surface area contributed by atoms with Gasteiger partial charge in [-0.2, -0.15) is 4.31 Å². The van der Waals surface area contributed by atoms with Crippen LogP contribution in [0, 0.1) is 16.0 Å². The molecule has 1 amide bonds. The standard InChI is InChI=1S/C37H52N6O5S/c1-39(2)21-12-23-41(24-13-22-40(3)4)37(44)32-18-11-25-42(29-32)49(47,48)34-19-20-35(36(28-34)43(45)46)38-33(26-30-14-7-5-8-15-30)27-31-16-9-6-10-17-31/h5-10,14-17,19-20,28,32-33,38H,11-13,18,21-27,29H2,1-4H3. The molecule has 1 unspecified atom stereocenters. The number of sulfonamides is 1. The van der Waals surface area contributed by atoms with Crippen molar-refractivity contribution in [1.82, 2.24) is 19.0 Å². The molecule has 1 aliphatic heterocycles. The van der Waals surface area contributed by atoms with Crippen molar-refractivity contribution < 1.29 is 18.1 Å². The zero-order chi connectivity index (χ0) is 35.4. The molecule has 1 N–H and O–H groups in total. The minimum Gasteiger partial charge on any atom is -0.376 e. The van der Waals surface area contributed by atoms with Gasteiger partial charge in [0.1, 0.15) is 5.69 Å². The minimum atomic E-state index is -4.09. The second kappa shape index (κ2) is 18.2. The molecule has 0 bridgehead atoms. The van der Waals surface area contributed by atoms with Crippen LogP contribution in [0.15, 0.2) is 83.8 Å². The number of hydrogen-bond acceptors (Lipinski definition) is 8. The molecule has 1 saturated heterocycles. The molecule has 1 fully saturated rings. The molecule has 49 heavy (non-hydrogen) atoms. The highest BCUT2D eigenvalue weighted by Crippen LogP contribution is 2.32. The van der Waals surface area contributed by atoms with Gasteiger partial charge in [-0.25, -0.2) is 8.42 Å². The number of benzene rings is 3. The third-order valence-corrected chi connectivity index (χ3v) is 10.8. The summed E-state index contributed by atoms with van der Waals surface area (Å²) in [6.45, 7) is 3.26. The van der Waals surface area contributed by atoms with Gasteiger partial charge in [0.25, 0.3) is 5.69 Å². The van der Waals surface area contributed by atoms with Gasteiger partial charge in [0.15, 0.2) is 0 Å². The Labute approximate surface area is 292 Å². The fraction of sp³-hybridized carbons (Fsp3) is 0.486. The fourth-order valence-electron chi connectivity index (χ4n) is 6.39. The van der Waals surface area contributed by atoms with Crippen molar-refractivity contribution in [2.45, 2.75) is 49.5 Å². The molecule has 1 heterocycles. The molecular formula is C37H52N6O5S. The smallest absolute Gasteiger partial charge is 0.293 e. The van der Waals surface area contributed by atoms with Crippen LogP contribution in [0.4, 0.5) is 11.4 Å². The Bertz CT molecular complexity index is 1550. The molecule has 4 rings (SSSR count). The number of nitrogens with one attached hydrogen (secondary N) is 1. The average Bonchev–Trinajstić information content (AvgIpc) is 3.08. The molecule has 3 aromatic carbocycles. The van der Waals surface area contributed by atoms with E-state index in [0.29, 0.717) is 38.8 Å². The third-order valence-electron chi connectivity index (χ3n) is 8.92.